The number of nitrogens with two attached hydrogens (primary N) is 1. The Hall–Kier alpha value is -2.20. The molecule has 2 rings (SSSR count). The average Bonchev–Trinajstić information content (AvgIpc) is 2.43. The number of hydrogen-bond acceptors (Lipinski definition) is 2. The number of carbonyl (C=O) groups is 1. The fraction of sp³-hybridized carbons (Fsp3) is 0.188. The number of halogens is 1. The van der Waals surface area contributed by atoms with Gasteiger partial charge in [-0.2, -0.15) is 0 Å². The van der Waals surface area contributed by atoms with E-state index in [2.05, 4.69) is 5.32 Å². The third kappa shape index (κ3) is 3.65. The molecule has 104 valence electrons. The third-order valence-corrected chi connectivity index (χ3v) is 3.11. The molecule has 2 aromatic carbocycles. The van der Waals surface area contributed by atoms with Gasteiger partial charge in [-0.05, 0) is 41.8 Å². The highest BCUT2D eigenvalue weighted by Crippen LogP contribution is 2.09. The predicted molar refractivity (Wildman–Crippen MR) is 76.6 cm³/mol. The van der Waals surface area contributed by atoms with Crippen LogP contribution in [0.15, 0.2) is 42.5 Å². The van der Waals surface area contributed by atoms with Crippen LogP contribution in [0.4, 0.5) is 4.39 Å². The monoisotopic (exact) mass is 272 g/mol. The zero-order valence-electron chi connectivity index (χ0n) is 11.3. The Kier molecular flexibility index (Phi) is 4.48. The van der Waals surface area contributed by atoms with Crippen LogP contribution in [0.3, 0.4) is 0 Å². The molecule has 0 heterocycles. The highest BCUT2D eigenvalue weighted by atomic mass is 19.1. The van der Waals surface area contributed by atoms with Crippen LogP contribution in [0.25, 0.3) is 0 Å². The van der Waals surface area contributed by atoms with Crippen LogP contribution in [-0.2, 0) is 13.1 Å². The van der Waals surface area contributed by atoms with Gasteiger partial charge in [-0.15, -0.1) is 0 Å². The van der Waals surface area contributed by atoms with Crippen LogP contribution < -0.4 is 11.1 Å². The molecule has 0 atom stereocenters. The quantitative estimate of drug-likeness (QED) is 0.878. The number of nitrogens with one attached hydrogen (secondary N) is 1. The Bertz CT molecular complexity index is 626. The van der Waals surface area contributed by atoms with Crippen LogP contribution in [-0.4, -0.2) is 5.91 Å². The zero-order chi connectivity index (χ0) is 14.5. The predicted octanol–water partition coefficient (Wildman–Crippen LogP) is 2.52. The molecule has 0 aliphatic heterocycles. The maximum Gasteiger partial charge on any atom is 0.248 e. The average molecular weight is 272 g/mol. The lowest BCUT2D eigenvalue weighted by atomic mass is 10.1. The molecular formula is C16H17FN2O. The second-order valence-corrected chi connectivity index (χ2v) is 4.75. The first-order chi connectivity index (χ1) is 9.56. The number of rotatable bonds is 5. The molecule has 0 saturated heterocycles. The van der Waals surface area contributed by atoms with E-state index in [9.17, 15) is 9.18 Å². The van der Waals surface area contributed by atoms with Gasteiger partial charge >= 0.3 is 0 Å². The van der Waals surface area contributed by atoms with Crippen molar-refractivity contribution in [3.8, 4) is 0 Å². The van der Waals surface area contributed by atoms with E-state index < -0.39 is 5.91 Å². The lowest BCUT2D eigenvalue weighted by Gasteiger charge is -2.07. The summed E-state index contributed by atoms with van der Waals surface area (Å²) in [5.74, 6) is -0.632. The SMILES string of the molecule is Cc1ccc(CNCc2cccc(C(N)=O)c2)cc1F. The normalized spacial score (nSPS) is 10.5. The van der Waals surface area contributed by atoms with E-state index in [0.717, 1.165) is 11.1 Å². The summed E-state index contributed by atoms with van der Waals surface area (Å²) in [5.41, 5.74) is 8.22. The smallest absolute Gasteiger partial charge is 0.248 e. The Morgan fingerprint density at radius 3 is 2.50 bits per heavy atom. The second-order valence-electron chi connectivity index (χ2n) is 4.75. The topological polar surface area (TPSA) is 55.1 Å². The van der Waals surface area contributed by atoms with Crippen molar-refractivity contribution >= 4 is 5.91 Å². The largest absolute Gasteiger partial charge is 0.366 e. The van der Waals surface area contributed by atoms with E-state index in [0.29, 0.717) is 24.2 Å². The summed E-state index contributed by atoms with van der Waals surface area (Å²) >= 11 is 0. The molecule has 0 bridgehead atoms. The van der Waals surface area contributed by atoms with Crippen molar-refractivity contribution in [1.82, 2.24) is 5.32 Å². The molecule has 0 aliphatic rings. The molecule has 0 radical (unpaired) electrons. The zero-order valence-corrected chi connectivity index (χ0v) is 11.3. The number of carbonyl (C=O) groups excluding carboxylic acids is 1. The summed E-state index contributed by atoms with van der Waals surface area (Å²) in [6.07, 6.45) is 0. The van der Waals surface area contributed by atoms with E-state index in [1.54, 1.807) is 31.2 Å². The molecule has 3 N–H and O–H groups in total. The summed E-state index contributed by atoms with van der Waals surface area (Å²) in [4.78, 5) is 11.1. The summed E-state index contributed by atoms with van der Waals surface area (Å²) < 4.78 is 13.4. The van der Waals surface area contributed by atoms with Crippen molar-refractivity contribution in [2.24, 2.45) is 5.73 Å². The van der Waals surface area contributed by atoms with Crippen molar-refractivity contribution in [1.29, 1.82) is 0 Å². The highest BCUT2D eigenvalue weighted by molar-refractivity contribution is 5.92. The van der Waals surface area contributed by atoms with Crippen LogP contribution in [0, 0.1) is 12.7 Å². The van der Waals surface area contributed by atoms with Crippen molar-refractivity contribution in [2.45, 2.75) is 20.0 Å². The fourth-order valence-corrected chi connectivity index (χ4v) is 1.93. The molecule has 0 saturated carbocycles. The van der Waals surface area contributed by atoms with Crippen LogP contribution in [0.5, 0.6) is 0 Å². The van der Waals surface area contributed by atoms with E-state index in [1.807, 2.05) is 12.1 Å². The van der Waals surface area contributed by atoms with Gasteiger partial charge in [-0.25, -0.2) is 4.39 Å². The summed E-state index contributed by atoms with van der Waals surface area (Å²) in [7, 11) is 0. The van der Waals surface area contributed by atoms with Gasteiger partial charge in [0.1, 0.15) is 5.82 Å². The molecule has 0 aliphatic carbocycles. The van der Waals surface area contributed by atoms with Gasteiger partial charge in [0.15, 0.2) is 0 Å². The summed E-state index contributed by atoms with van der Waals surface area (Å²) in [6.45, 7) is 2.90. The van der Waals surface area contributed by atoms with E-state index in [-0.39, 0.29) is 5.82 Å². The molecule has 0 fully saturated rings. The number of amides is 1. The molecule has 2 aromatic rings. The van der Waals surface area contributed by atoms with Crippen molar-refractivity contribution in [3.63, 3.8) is 0 Å². The first-order valence-electron chi connectivity index (χ1n) is 6.41. The maximum atomic E-state index is 13.4. The Labute approximate surface area is 117 Å². The molecule has 20 heavy (non-hydrogen) atoms. The Morgan fingerprint density at radius 1 is 1.15 bits per heavy atom. The van der Waals surface area contributed by atoms with Crippen LogP contribution in [0.2, 0.25) is 0 Å². The standard InChI is InChI=1S/C16H17FN2O/c1-11-5-6-13(8-15(11)17)10-19-9-12-3-2-4-14(7-12)16(18)20/h2-8,19H,9-10H2,1H3,(H2,18,20). The fourth-order valence-electron chi connectivity index (χ4n) is 1.93. The first kappa shape index (κ1) is 14.2. The number of primary amides is 1. The van der Waals surface area contributed by atoms with Gasteiger partial charge in [0.05, 0.1) is 0 Å². The van der Waals surface area contributed by atoms with Crippen molar-refractivity contribution in [2.75, 3.05) is 0 Å². The number of benzene rings is 2. The third-order valence-electron chi connectivity index (χ3n) is 3.11. The van der Waals surface area contributed by atoms with E-state index >= 15 is 0 Å². The minimum Gasteiger partial charge on any atom is -0.366 e. The van der Waals surface area contributed by atoms with E-state index in [4.69, 9.17) is 5.73 Å². The molecule has 3 nitrogen and oxygen atoms in total. The Balaban J connectivity index is 1.94. The lowest BCUT2D eigenvalue weighted by Crippen LogP contribution is -2.15. The Morgan fingerprint density at radius 2 is 1.85 bits per heavy atom. The summed E-state index contributed by atoms with van der Waals surface area (Å²) in [5, 5.41) is 3.21. The molecular weight excluding hydrogens is 255 g/mol. The van der Waals surface area contributed by atoms with Crippen molar-refractivity contribution < 1.29 is 9.18 Å². The van der Waals surface area contributed by atoms with Gasteiger partial charge in [-0.1, -0.05) is 24.3 Å². The molecule has 0 unspecified atom stereocenters. The van der Waals surface area contributed by atoms with Gasteiger partial charge in [0, 0.05) is 18.7 Å². The van der Waals surface area contributed by atoms with E-state index in [1.165, 1.54) is 6.07 Å². The summed E-state index contributed by atoms with van der Waals surface area (Å²) in [6, 6.07) is 12.3. The first-order valence-corrected chi connectivity index (χ1v) is 6.41. The lowest BCUT2D eigenvalue weighted by molar-refractivity contribution is 0.1000. The minimum absolute atomic E-state index is 0.194. The molecule has 0 aromatic heterocycles. The van der Waals surface area contributed by atoms with Gasteiger partial charge in [0.25, 0.3) is 0 Å². The van der Waals surface area contributed by atoms with Gasteiger partial charge in [-0.3, -0.25) is 4.79 Å². The number of hydrogen-bond donors (Lipinski definition) is 2. The number of aryl methyl sites for hydroxylation is 1. The molecule has 4 heteroatoms. The maximum absolute atomic E-state index is 13.4. The van der Waals surface area contributed by atoms with Crippen LogP contribution in [0.1, 0.15) is 27.0 Å². The van der Waals surface area contributed by atoms with Gasteiger partial charge in [0.2, 0.25) is 5.91 Å². The van der Waals surface area contributed by atoms with Gasteiger partial charge < -0.3 is 11.1 Å². The minimum atomic E-state index is -0.438. The van der Waals surface area contributed by atoms with Crippen molar-refractivity contribution in [3.05, 3.63) is 70.5 Å². The highest BCUT2D eigenvalue weighted by Gasteiger charge is 2.02. The second kappa shape index (κ2) is 6.30. The van der Waals surface area contributed by atoms with Crippen LogP contribution >= 0.6 is 0 Å². The molecule has 0 spiro atoms. The molecule has 1 amide bonds.